The number of ether oxygens (including phenoxy) is 1. The number of rotatable bonds is 9. The number of carbonyl (C=O) groups excluding carboxylic acids is 3. The molecule has 248 valence electrons. The maximum absolute atomic E-state index is 14.9. The Morgan fingerprint density at radius 3 is 2.31 bits per heavy atom. The number of alkyl halides is 3. The van der Waals surface area contributed by atoms with Crippen LogP contribution in [0.15, 0.2) is 24.4 Å². The van der Waals surface area contributed by atoms with E-state index in [0.29, 0.717) is 5.56 Å². The largest absolute Gasteiger partial charge is 0.411 e. The van der Waals surface area contributed by atoms with Gasteiger partial charge in [0.2, 0.25) is 11.8 Å². The van der Waals surface area contributed by atoms with Crippen LogP contribution in [0.5, 0.6) is 0 Å². The zero-order valence-corrected chi connectivity index (χ0v) is 26.4. The zero-order valence-electron chi connectivity index (χ0n) is 26.4. The maximum Gasteiger partial charge on any atom is 0.411 e. The number of nitrogens with zero attached hydrogens (tertiary/aromatic N) is 3. The Morgan fingerprint density at radius 2 is 1.73 bits per heavy atom. The van der Waals surface area contributed by atoms with Crippen molar-refractivity contribution in [1.82, 2.24) is 20.0 Å². The number of benzene rings is 1. The molecule has 2 saturated carbocycles. The van der Waals surface area contributed by atoms with Crippen molar-refractivity contribution in [1.29, 1.82) is 0 Å². The summed E-state index contributed by atoms with van der Waals surface area (Å²) in [5.41, 5.74) is 0.670. The van der Waals surface area contributed by atoms with Gasteiger partial charge in [-0.05, 0) is 82.2 Å². The van der Waals surface area contributed by atoms with Crippen molar-refractivity contribution in [3.63, 3.8) is 0 Å². The van der Waals surface area contributed by atoms with Gasteiger partial charge in [0.25, 0.3) is 5.91 Å². The SMILES string of the molecule is C1CC1CC1CC1.Cc1cc(NC(=O)CNC(=O)c2ccnn2C(C)C)c(F)cc1C(C)C(=O)N1CC(C)OCC1C(F)(F)F. The predicted molar refractivity (Wildman–Crippen MR) is 160 cm³/mol. The molecule has 2 N–H and O–H groups in total. The maximum atomic E-state index is 14.9. The molecule has 0 bridgehead atoms. The lowest BCUT2D eigenvalue weighted by Crippen LogP contribution is -2.58. The minimum atomic E-state index is -4.67. The Morgan fingerprint density at radius 1 is 1.09 bits per heavy atom. The molecule has 0 radical (unpaired) electrons. The highest BCUT2D eigenvalue weighted by Crippen LogP contribution is 2.44. The van der Waals surface area contributed by atoms with Crippen LogP contribution in [0, 0.1) is 24.6 Å². The molecule has 1 aliphatic heterocycles. The van der Waals surface area contributed by atoms with E-state index in [2.05, 4.69) is 15.7 Å². The van der Waals surface area contributed by atoms with Gasteiger partial charge in [0, 0.05) is 18.8 Å². The van der Waals surface area contributed by atoms with Crippen LogP contribution in [0.3, 0.4) is 0 Å². The van der Waals surface area contributed by atoms with Crippen LogP contribution in [0.25, 0.3) is 0 Å². The topological polar surface area (TPSA) is 106 Å². The summed E-state index contributed by atoms with van der Waals surface area (Å²) >= 11 is 0. The fourth-order valence-corrected chi connectivity index (χ4v) is 5.49. The first-order chi connectivity index (χ1) is 21.1. The minimum Gasteiger partial charge on any atom is -0.374 e. The second kappa shape index (κ2) is 14.3. The molecule has 3 atom stereocenters. The van der Waals surface area contributed by atoms with E-state index < -0.39 is 60.9 Å². The predicted octanol–water partition coefficient (Wildman–Crippen LogP) is 5.76. The fourth-order valence-electron chi connectivity index (χ4n) is 5.49. The molecule has 1 aromatic carbocycles. The Kier molecular flexibility index (Phi) is 10.9. The van der Waals surface area contributed by atoms with E-state index in [1.165, 1.54) is 41.8 Å². The first kappa shape index (κ1) is 34.4. The summed E-state index contributed by atoms with van der Waals surface area (Å²) in [7, 11) is 0. The van der Waals surface area contributed by atoms with Gasteiger partial charge in [0.1, 0.15) is 11.5 Å². The van der Waals surface area contributed by atoms with Crippen molar-refractivity contribution >= 4 is 23.4 Å². The lowest BCUT2D eigenvalue weighted by atomic mass is 9.93. The first-order valence-corrected chi connectivity index (χ1v) is 15.6. The summed E-state index contributed by atoms with van der Waals surface area (Å²) in [4.78, 5) is 38.6. The van der Waals surface area contributed by atoms with Gasteiger partial charge < -0.3 is 20.3 Å². The molecule has 3 amide bonds. The van der Waals surface area contributed by atoms with Crippen LogP contribution in [-0.4, -0.2) is 70.4 Å². The highest BCUT2D eigenvalue weighted by Gasteiger charge is 2.49. The van der Waals surface area contributed by atoms with Gasteiger partial charge in [0.05, 0.1) is 30.9 Å². The molecular weight excluding hydrogens is 594 g/mol. The van der Waals surface area contributed by atoms with Gasteiger partial charge in [-0.15, -0.1) is 0 Å². The quantitative estimate of drug-likeness (QED) is 0.341. The molecule has 2 heterocycles. The van der Waals surface area contributed by atoms with Gasteiger partial charge in [-0.1, -0.05) is 25.7 Å². The van der Waals surface area contributed by atoms with Gasteiger partial charge in [-0.3, -0.25) is 19.1 Å². The third kappa shape index (κ3) is 9.27. The van der Waals surface area contributed by atoms with Crippen molar-refractivity contribution in [2.45, 2.75) is 97.0 Å². The average Bonchev–Trinajstić information content (AvgIpc) is 3.92. The highest BCUT2D eigenvalue weighted by atomic mass is 19.4. The number of hydrogen-bond donors (Lipinski definition) is 2. The Hall–Kier alpha value is -3.48. The first-order valence-electron chi connectivity index (χ1n) is 15.6. The molecule has 9 nitrogen and oxygen atoms in total. The Balaban J connectivity index is 0.000000569. The van der Waals surface area contributed by atoms with E-state index >= 15 is 0 Å². The van der Waals surface area contributed by atoms with Crippen LogP contribution < -0.4 is 10.6 Å². The number of carbonyl (C=O) groups is 3. The normalized spacial score (nSPS) is 20.7. The van der Waals surface area contributed by atoms with E-state index in [-0.39, 0.29) is 29.5 Å². The van der Waals surface area contributed by atoms with E-state index in [4.69, 9.17) is 4.74 Å². The number of nitrogens with one attached hydrogen (secondary N) is 2. The number of anilines is 1. The molecule has 5 rings (SSSR count). The smallest absolute Gasteiger partial charge is 0.374 e. The number of morpholine rings is 1. The Labute approximate surface area is 261 Å². The summed E-state index contributed by atoms with van der Waals surface area (Å²) in [6, 6.07) is 1.67. The standard InChI is InChI=1S/C25H31F4N5O4.C7H12/c1-13(2)34-20(6-7-31-34)23(36)30-10-22(35)32-19-8-14(3)17(9-18(19)26)16(5)24(37)33-11-15(4)38-12-21(33)25(27,28)29;1-2-6(1)5-7-3-4-7/h6-9,13,15-16,21H,10-12H2,1-5H3,(H,30,36)(H,32,35);6-7H,1-5H2. The lowest BCUT2D eigenvalue weighted by molar-refractivity contribution is -0.221. The van der Waals surface area contributed by atoms with Gasteiger partial charge in [0.15, 0.2) is 6.04 Å². The number of halogens is 4. The molecule has 0 spiro atoms. The van der Waals surface area contributed by atoms with E-state index in [0.717, 1.165) is 11.0 Å². The fraction of sp³-hybridized carbons (Fsp3) is 0.625. The zero-order chi connectivity index (χ0) is 33.1. The molecule has 1 saturated heterocycles. The lowest BCUT2D eigenvalue weighted by Gasteiger charge is -2.40. The van der Waals surface area contributed by atoms with Gasteiger partial charge >= 0.3 is 6.18 Å². The van der Waals surface area contributed by atoms with E-state index in [1.54, 1.807) is 46.0 Å². The summed E-state index contributed by atoms with van der Waals surface area (Å²) in [5.74, 6) is -1.59. The highest BCUT2D eigenvalue weighted by molar-refractivity contribution is 5.98. The van der Waals surface area contributed by atoms with Crippen molar-refractivity contribution in [2.75, 3.05) is 25.0 Å². The van der Waals surface area contributed by atoms with Crippen molar-refractivity contribution in [2.24, 2.45) is 11.8 Å². The van der Waals surface area contributed by atoms with Crippen molar-refractivity contribution in [3.8, 4) is 0 Å². The molecule has 13 heteroatoms. The summed E-state index contributed by atoms with van der Waals surface area (Å²) in [6.45, 7) is 6.88. The minimum absolute atomic E-state index is 0.0737. The molecule has 3 fully saturated rings. The van der Waals surface area contributed by atoms with Crippen LogP contribution in [0.1, 0.15) is 93.4 Å². The molecular formula is C32H43F4N5O4. The average molecular weight is 638 g/mol. The van der Waals surface area contributed by atoms with Gasteiger partial charge in [-0.25, -0.2) is 4.39 Å². The van der Waals surface area contributed by atoms with Gasteiger partial charge in [-0.2, -0.15) is 18.3 Å². The number of amides is 3. The van der Waals surface area contributed by atoms with Crippen molar-refractivity contribution in [3.05, 3.63) is 47.0 Å². The molecule has 45 heavy (non-hydrogen) atoms. The van der Waals surface area contributed by atoms with Crippen LogP contribution >= 0.6 is 0 Å². The second-order valence-corrected chi connectivity index (χ2v) is 12.7. The third-order valence-electron chi connectivity index (χ3n) is 8.36. The molecule has 3 aliphatic rings. The summed E-state index contributed by atoms with van der Waals surface area (Å²) in [6.07, 6.45) is 4.00. The number of aromatic nitrogens is 2. The van der Waals surface area contributed by atoms with Crippen molar-refractivity contribution < 1.29 is 36.7 Å². The number of hydrogen-bond acceptors (Lipinski definition) is 5. The third-order valence-corrected chi connectivity index (χ3v) is 8.36. The van der Waals surface area contributed by atoms with E-state index in [1.807, 2.05) is 13.8 Å². The molecule has 2 aromatic rings. The van der Waals surface area contributed by atoms with E-state index in [9.17, 15) is 31.9 Å². The summed E-state index contributed by atoms with van der Waals surface area (Å²) < 4.78 is 62.0. The Bertz CT molecular complexity index is 1360. The van der Waals surface area contributed by atoms with Crippen LogP contribution in [0.2, 0.25) is 0 Å². The number of aryl methyl sites for hydroxylation is 1. The second-order valence-electron chi connectivity index (χ2n) is 12.7. The molecule has 3 unspecified atom stereocenters. The van der Waals surface area contributed by atoms with Crippen LogP contribution in [0.4, 0.5) is 23.2 Å². The van der Waals surface area contributed by atoms with Crippen LogP contribution in [-0.2, 0) is 14.3 Å². The molecule has 1 aromatic heterocycles. The molecule has 2 aliphatic carbocycles. The summed E-state index contributed by atoms with van der Waals surface area (Å²) in [5, 5.41) is 8.87. The monoisotopic (exact) mass is 637 g/mol.